The molecule has 5 nitrogen and oxygen atoms in total. The van der Waals surface area contributed by atoms with E-state index >= 15 is 0 Å². The molecule has 1 aromatic heterocycles. The number of aromatic carboxylic acids is 1. The summed E-state index contributed by atoms with van der Waals surface area (Å²) in [5.41, 5.74) is 7.63. The summed E-state index contributed by atoms with van der Waals surface area (Å²) >= 11 is 0. The fourth-order valence-electron chi connectivity index (χ4n) is 4.29. The molecule has 2 N–H and O–H groups in total. The summed E-state index contributed by atoms with van der Waals surface area (Å²) in [5.74, 6) is -1.02. The van der Waals surface area contributed by atoms with Crippen molar-refractivity contribution >= 4 is 11.7 Å². The van der Waals surface area contributed by atoms with Gasteiger partial charge in [-0.25, -0.2) is 4.79 Å². The fourth-order valence-corrected chi connectivity index (χ4v) is 4.29. The van der Waals surface area contributed by atoms with Gasteiger partial charge in [0.25, 0.3) is 0 Å². The van der Waals surface area contributed by atoms with Gasteiger partial charge in [-0.05, 0) is 65.9 Å². The smallest absolute Gasteiger partial charge is 0.335 e. The molecule has 0 saturated carbocycles. The van der Waals surface area contributed by atoms with Gasteiger partial charge in [0, 0.05) is 29.8 Å². The van der Waals surface area contributed by atoms with Crippen LogP contribution in [0.4, 0.5) is 0 Å². The summed E-state index contributed by atoms with van der Waals surface area (Å²) in [6, 6.07) is 27.0. The van der Waals surface area contributed by atoms with Crippen molar-refractivity contribution in [3.8, 4) is 11.1 Å². The van der Waals surface area contributed by atoms with Crippen molar-refractivity contribution in [1.82, 2.24) is 4.98 Å². The zero-order valence-electron chi connectivity index (χ0n) is 19.1. The zero-order valence-corrected chi connectivity index (χ0v) is 19.1. The third kappa shape index (κ3) is 5.04. The highest BCUT2D eigenvalue weighted by atomic mass is 16.4. The molecule has 0 radical (unpaired) electrons. The molecule has 3 aromatic carbocycles. The minimum absolute atomic E-state index is 0.0665. The maximum atomic E-state index is 11.5. The molecule has 1 heterocycles. The molecule has 170 valence electrons. The Bertz CT molecular complexity index is 1360. The van der Waals surface area contributed by atoms with Crippen LogP contribution >= 0.6 is 0 Å². The topological polar surface area (TPSA) is 82.8 Å². The third-order valence-corrected chi connectivity index (χ3v) is 6.04. The summed E-state index contributed by atoms with van der Waals surface area (Å²) in [6.45, 7) is 3.99. The average molecular weight is 451 g/mol. The first kappa shape index (κ1) is 22.9. The van der Waals surface area contributed by atoms with Crippen LogP contribution in [0.25, 0.3) is 11.1 Å². The summed E-state index contributed by atoms with van der Waals surface area (Å²) < 4.78 is 0. The molecule has 0 amide bonds. The molecule has 0 fully saturated rings. The number of carboxylic acids is 1. The Labute approximate surface area is 199 Å². The van der Waals surface area contributed by atoms with Crippen LogP contribution in [0.15, 0.2) is 96.3 Å². The number of aryl methyl sites for hydroxylation is 2. The Kier molecular flexibility index (Phi) is 6.83. The number of carboxylic acid groups (broad SMARTS) is 1. The second kappa shape index (κ2) is 10.1. The molecular weight excluding hydrogens is 424 g/mol. The van der Waals surface area contributed by atoms with E-state index in [0.29, 0.717) is 12.1 Å². The standard InChI is InChI=1S/C29H26N2O3/c1-19-7-3-4-12-26(19)27(18-28(31-34)24-13-14-30-20(2)15-24)23-10-5-8-21(16-23)22-9-6-11-25(17-22)29(32)33/h3-17,27,34H,18H2,1-2H3,(H,32,33)/b31-28-. The van der Waals surface area contributed by atoms with Gasteiger partial charge in [-0.1, -0.05) is 65.8 Å². The van der Waals surface area contributed by atoms with Crippen molar-refractivity contribution in [1.29, 1.82) is 0 Å². The van der Waals surface area contributed by atoms with Gasteiger partial charge in [-0.2, -0.15) is 0 Å². The molecular formula is C29H26N2O3. The highest BCUT2D eigenvalue weighted by Crippen LogP contribution is 2.34. The van der Waals surface area contributed by atoms with Crippen molar-refractivity contribution in [3.05, 3.63) is 125 Å². The number of aromatic nitrogens is 1. The predicted octanol–water partition coefficient (Wildman–Crippen LogP) is 6.46. The van der Waals surface area contributed by atoms with Crippen LogP contribution in [0.2, 0.25) is 0 Å². The Morgan fingerprint density at radius 2 is 1.62 bits per heavy atom. The highest BCUT2D eigenvalue weighted by molar-refractivity contribution is 6.01. The van der Waals surface area contributed by atoms with E-state index in [0.717, 1.165) is 39.1 Å². The van der Waals surface area contributed by atoms with Gasteiger partial charge in [0.05, 0.1) is 11.3 Å². The van der Waals surface area contributed by atoms with Crippen LogP contribution in [-0.4, -0.2) is 27.0 Å². The van der Waals surface area contributed by atoms with Crippen molar-refractivity contribution in [2.24, 2.45) is 5.16 Å². The second-order valence-electron chi connectivity index (χ2n) is 8.36. The van der Waals surface area contributed by atoms with Crippen LogP contribution < -0.4 is 0 Å². The number of carbonyl (C=O) groups is 1. The van der Waals surface area contributed by atoms with Gasteiger partial charge in [0.1, 0.15) is 0 Å². The maximum absolute atomic E-state index is 11.5. The van der Waals surface area contributed by atoms with Gasteiger partial charge in [-0.3, -0.25) is 4.98 Å². The zero-order chi connectivity index (χ0) is 24.1. The van der Waals surface area contributed by atoms with Crippen molar-refractivity contribution in [2.75, 3.05) is 0 Å². The quantitative estimate of drug-likeness (QED) is 0.192. The number of pyridine rings is 1. The largest absolute Gasteiger partial charge is 0.478 e. The van der Waals surface area contributed by atoms with Gasteiger partial charge in [0.15, 0.2) is 0 Å². The van der Waals surface area contributed by atoms with Crippen molar-refractivity contribution in [2.45, 2.75) is 26.2 Å². The number of oxime groups is 1. The lowest BCUT2D eigenvalue weighted by atomic mass is 9.82. The second-order valence-corrected chi connectivity index (χ2v) is 8.36. The molecule has 34 heavy (non-hydrogen) atoms. The molecule has 0 saturated heterocycles. The third-order valence-electron chi connectivity index (χ3n) is 6.04. The van der Waals surface area contributed by atoms with Gasteiger partial charge in [-0.15, -0.1) is 0 Å². The van der Waals surface area contributed by atoms with E-state index in [1.54, 1.807) is 24.4 Å². The molecule has 1 unspecified atom stereocenters. The average Bonchev–Trinajstić information content (AvgIpc) is 2.85. The SMILES string of the molecule is Cc1cc(/C(CC(c2cccc(-c3cccc(C(=O)O)c3)c2)c2ccccc2C)=N\O)ccn1. The molecule has 0 bridgehead atoms. The Hall–Kier alpha value is -4.25. The minimum atomic E-state index is -0.952. The first-order valence-corrected chi connectivity index (χ1v) is 11.1. The van der Waals surface area contributed by atoms with E-state index in [4.69, 9.17) is 0 Å². The molecule has 0 aliphatic carbocycles. The summed E-state index contributed by atoms with van der Waals surface area (Å²) in [5, 5.41) is 23.0. The monoisotopic (exact) mass is 450 g/mol. The molecule has 0 aliphatic rings. The molecule has 0 aliphatic heterocycles. The van der Waals surface area contributed by atoms with E-state index in [9.17, 15) is 15.1 Å². The Morgan fingerprint density at radius 3 is 2.32 bits per heavy atom. The lowest BCUT2D eigenvalue weighted by Gasteiger charge is -2.22. The lowest BCUT2D eigenvalue weighted by Crippen LogP contribution is -2.12. The van der Waals surface area contributed by atoms with Gasteiger partial charge < -0.3 is 10.3 Å². The molecule has 4 rings (SSSR count). The van der Waals surface area contributed by atoms with Crippen LogP contribution in [-0.2, 0) is 0 Å². The summed E-state index contributed by atoms with van der Waals surface area (Å²) in [6.07, 6.45) is 2.21. The highest BCUT2D eigenvalue weighted by Gasteiger charge is 2.21. The van der Waals surface area contributed by atoms with Crippen molar-refractivity contribution in [3.63, 3.8) is 0 Å². The van der Waals surface area contributed by atoms with Crippen LogP contribution in [0, 0.1) is 13.8 Å². The normalized spacial score (nSPS) is 12.4. The number of hydrogen-bond acceptors (Lipinski definition) is 4. The van der Waals surface area contributed by atoms with Gasteiger partial charge in [0.2, 0.25) is 0 Å². The first-order valence-electron chi connectivity index (χ1n) is 11.1. The number of benzene rings is 3. The van der Waals surface area contributed by atoms with E-state index in [1.165, 1.54) is 0 Å². The van der Waals surface area contributed by atoms with E-state index < -0.39 is 5.97 Å². The molecule has 0 spiro atoms. The number of nitrogens with zero attached hydrogens (tertiary/aromatic N) is 2. The van der Waals surface area contributed by atoms with Crippen LogP contribution in [0.3, 0.4) is 0 Å². The van der Waals surface area contributed by atoms with E-state index in [1.807, 2.05) is 49.4 Å². The Balaban J connectivity index is 1.79. The maximum Gasteiger partial charge on any atom is 0.335 e. The first-order chi connectivity index (χ1) is 16.5. The summed E-state index contributed by atoms with van der Waals surface area (Å²) in [4.78, 5) is 15.7. The molecule has 4 aromatic rings. The Morgan fingerprint density at radius 1 is 0.882 bits per heavy atom. The molecule has 5 heteroatoms. The minimum Gasteiger partial charge on any atom is -0.478 e. The van der Waals surface area contributed by atoms with Crippen molar-refractivity contribution < 1.29 is 15.1 Å². The lowest BCUT2D eigenvalue weighted by molar-refractivity contribution is 0.0697. The van der Waals surface area contributed by atoms with E-state index in [-0.39, 0.29) is 11.5 Å². The fraction of sp³-hybridized carbons (Fsp3) is 0.138. The summed E-state index contributed by atoms with van der Waals surface area (Å²) in [7, 11) is 0. The van der Waals surface area contributed by atoms with Crippen LogP contribution in [0.5, 0.6) is 0 Å². The van der Waals surface area contributed by atoms with Crippen LogP contribution in [0.1, 0.15) is 50.6 Å². The van der Waals surface area contributed by atoms with E-state index in [2.05, 4.69) is 41.3 Å². The number of hydrogen-bond donors (Lipinski definition) is 2. The van der Waals surface area contributed by atoms with Gasteiger partial charge >= 0.3 is 5.97 Å². The predicted molar refractivity (Wildman–Crippen MR) is 134 cm³/mol. The molecule has 1 atom stereocenters. The number of rotatable bonds is 7.